The molecule has 4 rings (SSSR count). The summed E-state index contributed by atoms with van der Waals surface area (Å²) in [4.78, 5) is 21.3. The summed E-state index contributed by atoms with van der Waals surface area (Å²) in [5, 5.41) is 12.5. The Bertz CT molecular complexity index is 1420. The number of hydrogen-bond acceptors (Lipinski definition) is 6. The van der Waals surface area contributed by atoms with Crippen molar-refractivity contribution in [2.45, 2.75) is 6.61 Å². The molecule has 34 heavy (non-hydrogen) atoms. The first-order chi connectivity index (χ1) is 16.4. The van der Waals surface area contributed by atoms with Gasteiger partial charge in [-0.25, -0.2) is 19.2 Å². The summed E-state index contributed by atoms with van der Waals surface area (Å²) in [6.45, 7) is 0.296. The maximum atomic E-state index is 13.3. The van der Waals surface area contributed by atoms with Crippen LogP contribution in [0.3, 0.4) is 0 Å². The Morgan fingerprint density at radius 3 is 2.88 bits per heavy atom. The summed E-state index contributed by atoms with van der Waals surface area (Å²) in [7, 11) is 1.46. The van der Waals surface area contributed by atoms with Crippen molar-refractivity contribution in [3.05, 3.63) is 76.1 Å². The predicted molar refractivity (Wildman–Crippen MR) is 130 cm³/mol. The van der Waals surface area contributed by atoms with Crippen LogP contribution < -0.4 is 10.1 Å². The van der Waals surface area contributed by atoms with Gasteiger partial charge in [-0.15, -0.1) is 11.3 Å². The zero-order chi connectivity index (χ0) is 24.1. The first-order valence-electron chi connectivity index (χ1n) is 10.0. The number of nitrogens with zero attached hydrogens (tertiary/aromatic N) is 3. The van der Waals surface area contributed by atoms with Gasteiger partial charge in [0, 0.05) is 12.7 Å². The van der Waals surface area contributed by atoms with Crippen molar-refractivity contribution in [2.24, 2.45) is 0 Å². The Hall–Kier alpha value is -3.87. The number of carboxylic acid groups (broad SMARTS) is 1. The fourth-order valence-corrected chi connectivity index (χ4v) is 4.10. The molecule has 4 aromatic rings. The molecule has 1 amide bonds. The molecule has 0 atom stereocenters. The average Bonchev–Trinajstić information content (AvgIpc) is 3.22. The molecule has 2 aromatic carbocycles. The summed E-state index contributed by atoms with van der Waals surface area (Å²) >= 11 is 7.79. The normalized spacial score (nSPS) is 10.4. The first kappa shape index (κ1) is 23.3. The van der Waals surface area contributed by atoms with Gasteiger partial charge in [-0.3, -0.25) is 0 Å². The number of halogens is 2. The van der Waals surface area contributed by atoms with Gasteiger partial charge in [0.05, 0.1) is 26.7 Å². The second-order valence-electron chi connectivity index (χ2n) is 7.18. The van der Waals surface area contributed by atoms with Crippen LogP contribution >= 0.6 is 22.9 Å². The molecule has 2 heterocycles. The van der Waals surface area contributed by atoms with Crippen LogP contribution in [0, 0.1) is 17.7 Å². The van der Waals surface area contributed by atoms with E-state index < -0.39 is 6.09 Å². The van der Waals surface area contributed by atoms with E-state index in [9.17, 15) is 9.18 Å². The molecule has 0 aliphatic rings. The number of amides is 1. The molecular weight excluding hydrogens is 479 g/mol. The predicted octanol–water partition coefficient (Wildman–Crippen LogP) is 5.77. The average molecular weight is 497 g/mol. The molecule has 0 aliphatic carbocycles. The van der Waals surface area contributed by atoms with Gasteiger partial charge in [-0.2, -0.15) is 0 Å². The maximum absolute atomic E-state index is 13.3. The summed E-state index contributed by atoms with van der Waals surface area (Å²) in [5.74, 6) is 6.55. The quantitative estimate of drug-likeness (QED) is 0.330. The molecule has 2 N–H and O–H groups in total. The third kappa shape index (κ3) is 5.73. The molecule has 0 radical (unpaired) electrons. The molecule has 0 spiro atoms. The van der Waals surface area contributed by atoms with Crippen LogP contribution in [0.1, 0.15) is 10.4 Å². The zero-order valence-corrected chi connectivity index (χ0v) is 19.5. The van der Waals surface area contributed by atoms with Gasteiger partial charge >= 0.3 is 6.09 Å². The number of anilines is 2. The van der Waals surface area contributed by atoms with Crippen LogP contribution in [0.15, 0.2) is 54.9 Å². The molecule has 0 saturated carbocycles. The Labute approximate surface area is 203 Å². The summed E-state index contributed by atoms with van der Waals surface area (Å²) < 4.78 is 19.9. The number of aromatic nitrogens is 2. The van der Waals surface area contributed by atoms with Crippen molar-refractivity contribution in [1.29, 1.82) is 0 Å². The van der Waals surface area contributed by atoms with Gasteiger partial charge in [0.25, 0.3) is 0 Å². The minimum atomic E-state index is -1.04. The van der Waals surface area contributed by atoms with E-state index in [1.165, 1.54) is 36.8 Å². The number of fused-ring (bicyclic) bond motifs is 1. The number of rotatable bonds is 6. The Balaban J connectivity index is 1.47. The molecule has 0 fully saturated rings. The minimum absolute atomic E-state index is 0.104. The summed E-state index contributed by atoms with van der Waals surface area (Å²) in [5.41, 5.74) is 2.12. The van der Waals surface area contributed by atoms with Gasteiger partial charge in [0.2, 0.25) is 0 Å². The fourth-order valence-electron chi connectivity index (χ4n) is 2.94. The first-order valence-corrected chi connectivity index (χ1v) is 11.2. The van der Waals surface area contributed by atoms with Crippen LogP contribution in [0.2, 0.25) is 5.02 Å². The van der Waals surface area contributed by atoms with E-state index in [2.05, 4.69) is 27.1 Å². The van der Waals surface area contributed by atoms with Crippen molar-refractivity contribution in [1.82, 2.24) is 14.9 Å². The molecule has 0 unspecified atom stereocenters. The van der Waals surface area contributed by atoms with E-state index in [1.807, 2.05) is 6.07 Å². The highest BCUT2D eigenvalue weighted by Crippen LogP contribution is 2.33. The fraction of sp³-hybridized carbons (Fsp3) is 0.125. The van der Waals surface area contributed by atoms with Gasteiger partial charge in [-0.05, 0) is 42.0 Å². The highest BCUT2D eigenvalue weighted by atomic mass is 35.5. The SMILES string of the molecule is CN(CC#Cc1cc2ncnc(Nc3ccc(OCc4cccc(F)c4)c(Cl)c3)c2s1)C(=O)O. The molecule has 0 saturated heterocycles. The Morgan fingerprint density at radius 1 is 1.26 bits per heavy atom. The smallest absolute Gasteiger partial charge is 0.407 e. The summed E-state index contributed by atoms with van der Waals surface area (Å²) in [6, 6.07) is 13.3. The van der Waals surface area contributed by atoms with E-state index in [4.69, 9.17) is 21.4 Å². The third-order valence-electron chi connectivity index (χ3n) is 4.64. The topological polar surface area (TPSA) is 87.6 Å². The number of benzene rings is 2. The molecule has 7 nitrogen and oxygen atoms in total. The third-order valence-corrected chi connectivity index (χ3v) is 5.99. The Morgan fingerprint density at radius 2 is 2.12 bits per heavy atom. The highest BCUT2D eigenvalue weighted by molar-refractivity contribution is 7.20. The van der Waals surface area contributed by atoms with Crippen LogP contribution in [-0.4, -0.2) is 39.7 Å². The number of carbonyl (C=O) groups is 1. The molecule has 2 aromatic heterocycles. The molecule has 0 aliphatic heterocycles. The summed E-state index contributed by atoms with van der Waals surface area (Å²) in [6.07, 6.45) is 0.414. The van der Waals surface area contributed by atoms with Crippen molar-refractivity contribution in [3.63, 3.8) is 0 Å². The molecular formula is C24H18ClFN4O3S. The Kier molecular flexibility index (Phi) is 7.11. The lowest BCUT2D eigenvalue weighted by Crippen LogP contribution is -2.24. The van der Waals surface area contributed by atoms with Gasteiger partial charge in [0.1, 0.15) is 24.5 Å². The molecule has 0 bridgehead atoms. The molecule has 172 valence electrons. The van der Waals surface area contributed by atoms with Gasteiger partial charge < -0.3 is 20.1 Å². The maximum Gasteiger partial charge on any atom is 0.407 e. The lowest BCUT2D eigenvalue weighted by molar-refractivity contribution is 0.161. The van der Waals surface area contributed by atoms with Crippen molar-refractivity contribution < 1.29 is 19.0 Å². The van der Waals surface area contributed by atoms with E-state index in [1.54, 1.807) is 30.3 Å². The largest absolute Gasteiger partial charge is 0.487 e. The van der Waals surface area contributed by atoms with E-state index >= 15 is 0 Å². The number of hydrogen-bond donors (Lipinski definition) is 2. The van der Waals surface area contributed by atoms with E-state index in [-0.39, 0.29) is 19.0 Å². The zero-order valence-electron chi connectivity index (χ0n) is 17.9. The number of thiophene rings is 1. The second-order valence-corrected chi connectivity index (χ2v) is 8.64. The van der Waals surface area contributed by atoms with Crippen LogP contribution in [0.4, 0.5) is 20.7 Å². The van der Waals surface area contributed by atoms with Gasteiger partial charge in [-0.1, -0.05) is 35.6 Å². The lowest BCUT2D eigenvalue weighted by Gasteiger charge is -2.11. The van der Waals surface area contributed by atoms with E-state index in [0.717, 1.165) is 20.0 Å². The monoisotopic (exact) mass is 496 g/mol. The van der Waals surface area contributed by atoms with Crippen molar-refractivity contribution >= 4 is 50.8 Å². The number of ether oxygens (including phenoxy) is 1. The van der Waals surface area contributed by atoms with Crippen LogP contribution in [-0.2, 0) is 6.61 Å². The van der Waals surface area contributed by atoms with Crippen LogP contribution in [0.25, 0.3) is 10.2 Å². The molecule has 10 heteroatoms. The standard InChI is InChI=1S/C24H18ClFN4O3S/c1-30(24(31)32)9-3-6-18-12-20-22(34-18)23(28-14-27-20)29-17-7-8-21(19(25)11-17)33-13-15-4-2-5-16(26)10-15/h2,4-5,7-8,10-12,14H,9,13H2,1H3,(H,31,32)(H,27,28,29). The van der Waals surface area contributed by atoms with Crippen molar-refractivity contribution in [3.8, 4) is 17.6 Å². The number of nitrogens with one attached hydrogen (secondary N) is 1. The van der Waals surface area contributed by atoms with Crippen LogP contribution in [0.5, 0.6) is 5.75 Å². The minimum Gasteiger partial charge on any atom is -0.487 e. The van der Waals surface area contributed by atoms with Crippen molar-refractivity contribution in [2.75, 3.05) is 18.9 Å². The highest BCUT2D eigenvalue weighted by Gasteiger charge is 2.10. The van der Waals surface area contributed by atoms with Gasteiger partial charge in [0.15, 0.2) is 5.82 Å². The van der Waals surface area contributed by atoms with E-state index in [0.29, 0.717) is 27.8 Å². The second kappa shape index (κ2) is 10.4. The lowest BCUT2D eigenvalue weighted by atomic mass is 10.2.